The fourth-order valence-electron chi connectivity index (χ4n) is 0.967. The number of amides is 2. The van der Waals surface area contributed by atoms with Crippen LogP contribution in [0.1, 0.15) is 20.7 Å². The van der Waals surface area contributed by atoms with Crippen molar-refractivity contribution in [2.45, 2.75) is 0 Å². The van der Waals surface area contributed by atoms with Gasteiger partial charge in [0.1, 0.15) is 0 Å². The Bertz CT molecular complexity index is 386. The van der Waals surface area contributed by atoms with Crippen molar-refractivity contribution in [3.8, 4) is 0 Å². The fraction of sp³-hybridized carbons (Fsp3) is 0. The molecule has 1 aromatic carbocycles. The maximum atomic E-state index is 11.1. The number of hydrogen-bond acceptors (Lipinski definition) is 3. The van der Waals surface area contributed by atoms with Crippen LogP contribution in [-0.2, 0) is 5.11 Å². The summed E-state index contributed by atoms with van der Waals surface area (Å²) in [5, 5.41) is 11.6. The smallest absolute Gasteiger partial charge is 0.298 e. The van der Waals surface area contributed by atoms with Crippen LogP contribution in [0, 0.1) is 0 Å². The van der Waals surface area contributed by atoms with Crippen LogP contribution in [0.2, 0.25) is 0 Å². The molecule has 0 saturated carbocycles. The second-order valence-electron chi connectivity index (χ2n) is 2.45. The molecule has 14 heavy (non-hydrogen) atoms. The van der Waals surface area contributed by atoms with Crippen molar-refractivity contribution < 1.29 is 19.5 Å². The van der Waals surface area contributed by atoms with Gasteiger partial charge in [-0.1, -0.05) is 18.2 Å². The molecular formula is C9H6NO4. The number of nitrogens with one attached hydrogen (secondary N) is 1. The minimum Gasteiger partial charge on any atom is -0.298 e. The second-order valence-corrected chi connectivity index (χ2v) is 2.45. The van der Waals surface area contributed by atoms with Gasteiger partial charge in [-0.15, -0.1) is 0 Å². The first kappa shape index (κ1) is 9.91. The quantitative estimate of drug-likeness (QED) is 0.702. The predicted octanol–water partition coefficient (Wildman–Crippen LogP) is 0.779. The summed E-state index contributed by atoms with van der Waals surface area (Å²) < 4.78 is 0. The van der Waals surface area contributed by atoms with Crippen molar-refractivity contribution in [2.24, 2.45) is 0 Å². The predicted molar refractivity (Wildman–Crippen MR) is 45.4 cm³/mol. The van der Waals surface area contributed by atoms with E-state index in [0.717, 1.165) is 0 Å². The Labute approximate surface area is 79.4 Å². The number of benzene rings is 1. The highest BCUT2D eigenvalue weighted by Gasteiger charge is 2.12. The topological polar surface area (TPSA) is 83.1 Å². The van der Waals surface area contributed by atoms with E-state index in [4.69, 9.17) is 0 Å². The third kappa shape index (κ3) is 2.16. The van der Waals surface area contributed by atoms with Gasteiger partial charge in [-0.05, 0) is 6.07 Å². The minimum absolute atomic E-state index is 0.00620. The van der Waals surface area contributed by atoms with Gasteiger partial charge < -0.3 is 0 Å². The summed E-state index contributed by atoms with van der Waals surface area (Å²) in [4.78, 5) is 31.7. The molecule has 0 heterocycles. The van der Waals surface area contributed by atoms with Gasteiger partial charge in [-0.3, -0.25) is 14.9 Å². The Morgan fingerprint density at radius 2 is 1.86 bits per heavy atom. The van der Waals surface area contributed by atoms with Gasteiger partial charge in [0.05, 0.1) is 5.56 Å². The normalized spacial score (nSPS) is 9.14. The summed E-state index contributed by atoms with van der Waals surface area (Å²) in [5.41, 5.74) is 0.137. The molecule has 0 aromatic heterocycles. The average Bonchev–Trinajstić information content (AvgIpc) is 2.16. The molecule has 0 aliphatic heterocycles. The first-order valence-corrected chi connectivity index (χ1v) is 3.71. The lowest BCUT2D eigenvalue weighted by Gasteiger charge is -2.00. The minimum atomic E-state index is -1.70. The number of imide groups is 1. The van der Waals surface area contributed by atoms with Gasteiger partial charge in [0.2, 0.25) is 0 Å². The largest absolute Gasteiger partial charge is 0.457 e. The van der Waals surface area contributed by atoms with E-state index < -0.39 is 12.0 Å². The van der Waals surface area contributed by atoms with Crippen molar-refractivity contribution in [3.63, 3.8) is 0 Å². The van der Waals surface area contributed by atoms with Crippen molar-refractivity contribution in [1.29, 1.82) is 0 Å². The zero-order valence-corrected chi connectivity index (χ0v) is 7.02. The Morgan fingerprint density at radius 3 is 2.43 bits per heavy atom. The second kappa shape index (κ2) is 4.18. The Hall–Kier alpha value is -2.17. The van der Waals surface area contributed by atoms with Crippen molar-refractivity contribution >= 4 is 18.3 Å². The van der Waals surface area contributed by atoms with Crippen LogP contribution in [0.15, 0.2) is 24.3 Å². The molecule has 1 radical (unpaired) electrons. The fourth-order valence-corrected chi connectivity index (χ4v) is 0.967. The van der Waals surface area contributed by atoms with Gasteiger partial charge in [0.15, 0.2) is 6.29 Å². The molecule has 0 atom stereocenters. The summed E-state index contributed by atoms with van der Waals surface area (Å²) in [6.45, 7) is 0. The van der Waals surface area contributed by atoms with Crippen LogP contribution in [0.3, 0.4) is 0 Å². The monoisotopic (exact) mass is 192 g/mol. The molecule has 5 nitrogen and oxygen atoms in total. The van der Waals surface area contributed by atoms with E-state index in [0.29, 0.717) is 6.29 Å². The van der Waals surface area contributed by atoms with E-state index in [1.807, 2.05) is 0 Å². The van der Waals surface area contributed by atoms with E-state index in [9.17, 15) is 19.5 Å². The molecule has 0 unspecified atom stereocenters. The van der Waals surface area contributed by atoms with E-state index in [2.05, 4.69) is 0 Å². The van der Waals surface area contributed by atoms with Gasteiger partial charge in [0.25, 0.3) is 5.91 Å². The van der Waals surface area contributed by atoms with Crippen LogP contribution in [0.5, 0.6) is 0 Å². The summed E-state index contributed by atoms with van der Waals surface area (Å²) >= 11 is 0. The lowest BCUT2D eigenvalue weighted by atomic mass is 10.1. The molecule has 2 amide bonds. The Kier molecular flexibility index (Phi) is 2.96. The molecule has 71 valence electrons. The number of hydrogen-bond donors (Lipinski definition) is 1. The molecule has 0 spiro atoms. The maximum absolute atomic E-state index is 11.1. The molecule has 0 aliphatic rings. The van der Waals surface area contributed by atoms with Gasteiger partial charge in [-0.2, -0.15) is 0 Å². The van der Waals surface area contributed by atoms with Crippen LogP contribution in [0.25, 0.3) is 0 Å². The van der Waals surface area contributed by atoms with Crippen molar-refractivity contribution in [1.82, 2.24) is 5.32 Å². The number of carbonyl (C=O) groups is 3. The molecule has 1 rings (SSSR count). The molecule has 1 N–H and O–H groups in total. The summed E-state index contributed by atoms with van der Waals surface area (Å²) in [6, 6.07) is 5.86. The van der Waals surface area contributed by atoms with Gasteiger partial charge in [-0.25, -0.2) is 9.90 Å². The van der Waals surface area contributed by atoms with E-state index in [1.165, 1.54) is 18.2 Å². The van der Waals surface area contributed by atoms with Crippen LogP contribution >= 0.6 is 0 Å². The molecule has 0 bridgehead atoms. The highest BCUT2D eigenvalue weighted by atomic mass is 16.4. The highest BCUT2D eigenvalue weighted by Crippen LogP contribution is 2.05. The molecule has 0 saturated heterocycles. The van der Waals surface area contributed by atoms with Crippen LogP contribution < -0.4 is 5.32 Å². The van der Waals surface area contributed by atoms with Gasteiger partial charge >= 0.3 is 6.09 Å². The number of aldehydes is 1. The first-order chi connectivity index (χ1) is 6.65. The SMILES string of the molecule is [O]C(=O)NC(=O)c1ccccc1C=O. The highest BCUT2D eigenvalue weighted by molar-refractivity contribution is 6.06. The van der Waals surface area contributed by atoms with Gasteiger partial charge in [0, 0.05) is 5.56 Å². The molecule has 1 aromatic rings. The van der Waals surface area contributed by atoms with Crippen molar-refractivity contribution in [2.75, 3.05) is 0 Å². The lowest BCUT2D eigenvalue weighted by Crippen LogP contribution is -2.28. The summed E-state index contributed by atoms with van der Waals surface area (Å²) in [7, 11) is 0. The van der Waals surface area contributed by atoms with Crippen molar-refractivity contribution in [3.05, 3.63) is 35.4 Å². The Morgan fingerprint density at radius 1 is 1.21 bits per heavy atom. The number of rotatable bonds is 2. The van der Waals surface area contributed by atoms with E-state index in [-0.39, 0.29) is 11.1 Å². The third-order valence-corrected chi connectivity index (χ3v) is 1.55. The third-order valence-electron chi connectivity index (χ3n) is 1.55. The Balaban J connectivity index is 2.99. The van der Waals surface area contributed by atoms with E-state index in [1.54, 1.807) is 11.4 Å². The molecular weight excluding hydrogens is 186 g/mol. The van der Waals surface area contributed by atoms with Crippen LogP contribution in [-0.4, -0.2) is 18.3 Å². The maximum Gasteiger partial charge on any atom is 0.457 e. The zero-order chi connectivity index (χ0) is 10.6. The summed E-state index contributed by atoms with van der Waals surface area (Å²) in [6.07, 6.45) is -1.22. The average molecular weight is 192 g/mol. The summed E-state index contributed by atoms with van der Waals surface area (Å²) in [5.74, 6) is -0.868. The molecule has 0 aliphatic carbocycles. The zero-order valence-electron chi connectivity index (χ0n) is 7.02. The standard InChI is InChI=1S/C9H6NO4/c11-5-6-3-1-2-4-7(6)8(12)10-9(13)14/h1-5H,(H,10,12). The molecule has 0 fully saturated rings. The number of carbonyl (C=O) groups excluding carboxylic acids is 3. The van der Waals surface area contributed by atoms with Crippen LogP contribution in [0.4, 0.5) is 4.79 Å². The lowest BCUT2D eigenvalue weighted by molar-refractivity contribution is 0.0929. The first-order valence-electron chi connectivity index (χ1n) is 3.71. The molecule has 5 heteroatoms. The van der Waals surface area contributed by atoms with E-state index >= 15 is 0 Å².